The Bertz CT molecular complexity index is 795. The Hall–Kier alpha value is -2.90. The summed E-state index contributed by atoms with van der Waals surface area (Å²) in [6.45, 7) is 10.5. The number of urea groups is 2. The lowest BCUT2D eigenvalue weighted by Crippen LogP contribution is -2.51. The van der Waals surface area contributed by atoms with E-state index in [9.17, 15) is 19.2 Å². The number of carbonyl (C=O) groups is 4. The predicted octanol–water partition coefficient (Wildman–Crippen LogP) is 2.20. The molecule has 1 aliphatic rings. The van der Waals surface area contributed by atoms with Crippen molar-refractivity contribution >= 4 is 23.9 Å². The molecule has 0 bridgehead atoms. The quantitative estimate of drug-likeness (QED) is 0.687. The van der Waals surface area contributed by atoms with E-state index in [4.69, 9.17) is 0 Å². The van der Waals surface area contributed by atoms with E-state index in [-0.39, 0.29) is 0 Å². The van der Waals surface area contributed by atoms with E-state index in [1.54, 1.807) is 39.8 Å². The lowest BCUT2D eigenvalue weighted by atomic mass is 9.90. The zero-order chi connectivity index (χ0) is 21.3. The summed E-state index contributed by atoms with van der Waals surface area (Å²) in [6.07, 6.45) is 0. The summed E-state index contributed by atoms with van der Waals surface area (Å²) in [5, 5.41) is 7.36. The molecule has 0 aliphatic carbocycles. The molecule has 1 aliphatic heterocycles. The van der Waals surface area contributed by atoms with Crippen molar-refractivity contribution in [2.75, 3.05) is 6.54 Å². The molecule has 8 nitrogen and oxygen atoms in total. The highest BCUT2D eigenvalue weighted by atomic mass is 16.2. The standard InChI is InChI=1S/C20H28N4O4/c1-12(2)13-7-9-14(10-8-13)20(6)16(26)24(18(28)23-20)11-15(25)21-17(27)22-19(3,4)5/h7-10,12H,11H2,1-6H3,(H,23,28)(H2,21,22,25,27)/t20-/m0/s1. The van der Waals surface area contributed by atoms with Crippen LogP contribution in [0.1, 0.15) is 58.6 Å². The van der Waals surface area contributed by atoms with E-state index in [2.05, 4.69) is 29.8 Å². The molecule has 2 rings (SSSR count). The number of hydrogen-bond donors (Lipinski definition) is 3. The third-order valence-corrected chi connectivity index (χ3v) is 4.47. The van der Waals surface area contributed by atoms with Crippen LogP contribution in [0.2, 0.25) is 0 Å². The number of carbonyl (C=O) groups excluding carboxylic acids is 4. The summed E-state index contributed by atoms with van der Waals surface area (Å²) in [6, 6.07) is 6.07. The van der Waals surface area contributed by atoms with Crippen LogP contribution in [0.25, 0.3) is 0 Å². The van der Waals surface area contributed by atoms with Crippen LogP contribution >= 0.6 is 0 Å². The van der Waals surface area contributed by atoms with Crippen molar-refractivity contribution in [2.45, 2.75) is 58.5 Å². The van der Waals surface area contributed by atoms with E-state index in [0.29, 0.717) is 11.5 Å². The molecule has 0 unspecified atom stereocenters. The Morgan fingerprint density at radius 3 is 2.21 bits per heavy atom. The minimum absolute atomic E-state index is 0.343. The second-order valence-corrected chi connectivity index (χ2v) is 8.48. The van der Waals surface area contributed by atoms with Gasteiger partial charge in [-0.1, -0.05) is 38.1 Å². The second-order valence-electron chi connectivity index (χ2n) is 8.48. The number of imide groups is 2. The molecule has 28 heavy (non-hydrogen) atoms. The largest absolute Gasteiger partial charge is 0.333 e. The monoisotopic (exact) mass is 388 g/mol. The first-order valence-electron chi connectivity index (χ1n) is 9.20. The fourth-order valence-corrected chi connectivity index (χ4v) is 2.92. The highest BCUT2D eigenvalue weighted by Crippen LogP contribution is 2.29. The van der Waals surface area contributed by atoms with E-state index in [1.807, 2.05) is 12.1 Å². The van der Waals surface area contributed by atoms with Gasteiger partial charge in [0.1, 0.15) is 12.1 Å². The minimum Gasteiger partial charge on any atom is -0.333 e. The average Bonchev–Trinajstić information content (AvgIpc) is 2.77. The van der Waals surface area contributed by atoms with Gasteiger partial charge in [-0.05, 0) is 44.7 Å². The number of benzene rings is 1. The SMILES string of the molecule is CC(C)c1ccc([C@]2(C)NC(=O)N(CC(=O)NC(=O)NC(C)(C)C)C2=O)cc1. The molecular formula is C20H28N4O4. The molecule has 1 aromatic carbocycles. The van der Waals surface area contributed by atoms with Crippen molar-refractivity contribution in [1.29, 1.82) is 0 Å². The molecule has 6 amide bonds. The van der Waals surface area contributed by atoms with Crippen molar-refractivity contribution in [2.24, 2.45) is 0 Å². The van der Waals surface area contributed by atoms with Crippen LogP contribution in [-0.2, 0) is 15.1 Å². The lowest BCUT2D eigenvalue weighted by Gasteiger charge is -2.23. The summed E-state index contributed by atoms with van der Waals surface area (Å²) < 4.78 is 0. The van der Waals surface area contributed by atoms with E-state index in [0.717, 1.165) is 10.5 Å². The molecule has 0 aromatic heterocycles. The molecule has 1 heterocycles. The molecule has 0 saturated carbocycles. The first-order valence-corrected chi connectivity index (χ1v) is 9.20. The molecule has 1 aromatic rings. The number of amides is 6. The third kappa shape index (κ3) is 4.68. The number of rotatable bonds is 4. The molecule has 1 atom stereocenters. The Kier molecular flexibility index (Phi) is 5.82. The molecular weight excluding hydrogens is 360 g/mol. The highest BCUT2D eigenvalue weighted by molar-refractivity contribution is 6.10. The van der Waals surface area contributed by atoms with E-state index in [1.165, 1.54) is 0 Å². The zero-order valence-electron chi connectivity index (χ0n) is 17.2. The van der Waals surface area contributed by atoms with Crippen LogP contribution in [0.3, 0.4) is 0 Å². The molecule has 3 N–H and O–H groups in total. The molecule has 0 spiro atoms. The summed E-state index contributed by atoms with van der Waals surface area (Å²) >= 11 is 0. The topological polar surface area (TPSA) is 108 Å². The van der Waals surface area contributed by atoms with Gasteiger partial charge in [0.05, 0.1) is 0 Å². The van der Waals surface area contributed by atoms with Gasteiger partial charge in [-0.2, -0.15) is 0 Å². The molecule has 8 heteroatoms. The fourth-order valence-electron chi connectivity index (χ4n) is 2.92. The van der Waals surface area contributed by atoms with Gasteiger partial charge in [0.25, 0.3) is 5.91 Å². The zero-order valence-corrected chi connectivity index (χ0v) is 17.2. The molecule has 1 saturated heterocycles. The first-order chi connectivity index (χ1) is 12.8. The van der Waals surface area contributed by atoms with Gasteiger partial charge in [-0.25, -0.2) is 9.59 Å². The third-order valence-electron chi connectivity index (χ3n) is 4.47. The van der Waals surface area contributed by atoms with Crippen molar-refractivity contribution < 1.29 is 19.2 Å². The van der Waals surface area contributed by atoms with Crippen molar-refractivity contribution in [3.63, 3.8) is 0 Å². The van der Waals surface area contributed by atoms with Crippen LogP contribution in [0, 0.1) is 0 Å². The van der Waals surface area contributed by atoms with Crippen LogP contribution in [0.4, 0.5) is 9.59 Å². The highest BCUT2D eigenvalue weighted by Gasteiger charge is 2.49. The summed E-state index contributed by atoms with van der Waals surface area (Å²) in [5.41, 5.74) is -0.0409. The van der Waals surface area contributed by atoms with Crippen LogP contribution < -0.4 is 16.0 Å². The minimum atomic E-state index is -1.26. The van der Waals surface area contributed by atoms with Crippen LogP contribution in [-0.4, -0.2) is 40.9 Å². The second kappa shape index (κ2) is 7.61. The summed E-state index contributed by atoms with van der Waals surface area (Å²) in [4.78, 5) is 49.9. The molecule has 0 radical (unpaired) electrons. The van der Waals surface area contributed by atoms with Crippen molar-refractivity contribution in [1.82, 2.24) is 20.9 Å². The van der Waals surface area contributed by atoms with Crippen molar-refractivity contribution in [3.05, 3.63) is 35.4 Å². The van der Waals surface area contributed by atoms with Gasteiger partial charge in [0, 0.05) is 5.54 Å². The molecule has 1 fully saturated rings. The van der Waals surface area contributed by atoms with Crippen LogP contribution in [0.5, 0.6) is 0 Å². The van der Waals surface area contributed by atoms with E-state index >= 15 is 0 Å². The van der Waals surface area contributed by atoms with Crippen LogP contribution in [0.15, 0.2) is 24.3 Å². The lowest BCUT2D eigenvalue weighted by molar-refractivity contribution is -0.134. The Balaban J connectivity index is 2.10. The van der Waals surface area contributed by atoms with Gasteiger partial charge in [-0.3, -0.25) is 19.8 Å². The maximum absolute atomic E-state index is 12.9. The maximum Gasteiger partial charge on any atom is 0.325 e. The Morgan fingerprint density at radius 1 is 1.14 bits per heavy atom. The van der Waals surface area contributed by atoms with Gasteiger partial charge >= 0.3 is 12.1 Å². The number of hydrogen-bond acceptors (Lipinski definition) is 4. The summed E-state index contributed by atoms with van der Waals surface area (Å²) in [5.74, 6) is -0.944. The van der Waals surface area contributed by atoms with Gasteiger partial charge in [0.2, 0.25) is 5.91 Å². The van der Waals surface area contributed by atoms with Crippen molar-refractivity contribution in [3.8, 4) is 0 Å². The number of nitrogens with zero attached hydrogens (tertiary/aromatic N) is 1. The Morgan fingerprint density at radius 2 is 1.71 bits per heavy atom. The smallest absolute Gasteiger partial charge is 0.325 e. The van der Waals surface area contributed by atoms with Gasteiger partial charge < -0.3 is 10.6 Å². The Labute approximate surface area is 165 Å². The van der Waals surface area contributed by atoms with E-state index < -0.39 is 41.5 Å². The van der Waals surface area contributed by atoms with Gasteiger partial charge in [0.15, 0.2) is 0 Å². The fraction of sp³-hybridized carbons (Fsp3) is 0.500. The summed E-state index contributed by atoms with van der Waals surface area (Å²) in [7, 11) is 0. The predicted molar refractivity (Wildman–Crippen MR) is 105 cm³/mol. The maximum atomic E-state index is 12.9. The normalized spacial score (nSPS) is 19.6. The van der Waals surface area contributed by atoms with Gasteiger partial charge in [-0.15, -0.1) is 0 Å². The number of nitrogens with one attached hydrogen (secondary N) is 3. The first kappa shape index (κ1) is 21.4. The average molecular weight is 388 g/mol. The molecule has 152 valence electrons.